The van der Waals surface area contributed by atoms with Gasteiger partial charge in [0.05, 0.1) is 16.8 Å². The van der Waals surface area contributed by atoms with E-state index < -0.39 is 10.0 Å². The Balaban J connectivity index is 0.00000261. The number of rotatable bonds is 4. The molecule has 0 radical (unpaired) electrons. The molecule has 0 spiro atoms. The summed E-state index contributed by atoms with van der Waals surface area (Å²) in [6.07, 6.45) is 4.23. The molecule has 3 N–H and O–H groups in total. The summed E-state index contributed by atoms with van der Waals surface area (Å²) in [6, 6.07) is 7.89. The van der Waals surface area contributed by atoms with E-state index in [0.29, 0.717) is 35.7 Å². The average Bonchev–Trinajstić information content (AvgIpc) is 2.64. The molecule has 146 valence electrons. The van der Waals surface area contributed by atoms with Crippen molar-refractivity contribution in [1.29, 1.82) is 0 Å². The third-order valence-electron chi connectivity index (χ3n) is 4.45. The SMILES string of the molecule is Cc1ccc(S(=O)(=O)N2CCCCC2)cc1C(=O)Nc1ccc(N)nc1.Cl. The number of nitrogens with zero attached hydrogens (tertiary/aromatic N) is 2. The summed E-state index contributed by atoms with van der Waals surface area (Å²) < 4.78 is 27.2. The molecule has 0 saturated carbocycles. The van der Waals surface area contributed by atoms with Crippen LogP contribution in [0.2, 0.25) is 0 Å². The Morgan fingerprint density at radius 1 is 1.15 bits per heavy atom. The van der Waals surface area contributed by atoms with Gasteiger partial charge in [-0.25, -0.2) is 13.4 Å². The number of sulfonamides is 1. The van der Waals surface area contributed by atoms with Gasteiger partial charge in [-0.05, 0) is 49.6 Å². The zero-order valence-corrected chi connectivity index (χ0v) is 16.6. The average molecular weight is 411 g/mol. The van der Waals surface area contributed by atoms with Gasteiger partial charge in [0, 0.05) is 18.7 Å². The number of hydrogen-bond acceptors (Lipinski definition) is 5. The lowest BCUT2D eigenvalue weighted by molar-refractivity contribution is 0.102. The van der Waals surface area contributed by atoms with E-state index in [0.717, 1.165) is 19.3 Å². The van der Waals surface area contributed by atoms with E-state index in [-0.39, 0.29) is 23.2 Å². The molecule has 1 amide bonds. The first kappa shape index (κ1) is 21.1. The Bertz CT molecular complexity index is 911. The van der Waals surface area contributed by atoms with Gasteiger partial charge in [-0.1, -0.05) is 12.5 Å². The fourth-order valence-corrected chi connectivity index (χ4v) is 4.48. The Morgan fingerprint density at radius 2 is 1.85 bits per heavy atom. The maximum absolute atomic E-state index is 12.8. The minimum absolute atomic E-state index is 0. The van der Waals surface area contributed by atoms with Crippen LogP contribution in [0.15, 0.2) is 41.4 Å². The number of nitrogen functional groups attached to an aromatic ring is 1. The number of halogens is 1. The number of anilines is 2. The van der Waals surface area contributed by atoms with Crippen LogP contribution in [0.4, 0.5) is 11.5 Å². The van der Waals surface area contributed by atoms with Crippen LogP contribution in [0, 0.1) is 6.92 Å². The molecule has 1 saturated heterocycles. The van der Waals surface area contributed by atoms with Crippen molar-refractivity contribution < 1.29 is 13.2 Å². The Hall–Kier alpha value is -2.16. The molecule has 7 nitrogen and oxygen atoms in total. The monoisotopic (exact) mass is 410 g/mol. The molecular weight excluding hydrogens is 388 g/mol. The third kappa shape index (κ3) is 4.77. The summed E-state index contributed by atoms with van der Waals surface area (Å²) in [5.41, 5.74) is 7.05. The Labute approximate surface area is 165 Å². The maximum Gasteiger partial charge on any atom is 0.256 e. The van der Waals surface area contributed by atoms with Crippen molar-refractivity contribution in [2.24, 2.45) is 0 Å². The number of benzene rings is 1. The number of nitrogens with one attached hydrogen (secondary N) is 1. The molecule has 1 fully saturated rings. The summed E-state index contributed by atoms with van der Waals surface area (Å²) in [6.45, 7) is 2.82. The highest BCUT2D eigenvalue weighted by Gasteiger charge is 2.27. The van der Waals surface area contributed by atoms with Crippen LogP contribution in [-0.2, 0) is 10.0 Å². The van der Waals surface area contributed by atoms with Crippen LogP contribution in [0.1, 0.15) is 35.2 Å². The molecule has 9 heteroatoms. The molecule has 1 aliphatic rings. The fourth-order valence-electron chi connectivity index (χ4n) is 2.94. The van der Waals surface area contributed by atoms with Gasteiger partial charge in [0.25, 0.3) is 5.91 Å². The first-order valence-corrected chi connectivity index (χ1v) is 9.95. The van der Waals surface area contributed by atoms with Gasteiger partial charge in [-0.2, -0.15) is 4.31 Å². The van der Waals surface area contributed by atoms with Gasteiger partial charge in [0.2, 0.25) is 10.0 Å². The first-order chi connectivity index (χ1) is 12.4. The summed E-state index contributed by atoms with van der Waals surface area (Å²) in [4.78, 5) is 16.7. The van der Waals surface area contributed by atoms with Crippen LogP contribution >= 0.6 is 12.4 Å². The Morgan fingerprint density at radius 3 is 2.48 bits per heavy atom. The molecule has 1 aromatic carbocycles. The standard InChI is InChI=1S/C18H22N4O3S.ClH/c1-13-5-7-15(26(24,25)22-9-3-2-4-10-22)11-16(13)18(23)21-14-6-8-17(19)20-12-14;/h5-8,11-12H,2-4,9-10H2,1H3,(H2,19,20)(H,21,23);1H. The van der Waals surface area contributed by atoms with Gasteiger partial charge in [0.1, 0.15) is 5.82 Å². The molecule has 2 aromatic rings. The van der Waals surface area contributed by atoms with E-state index >= 15 is 0 Å². The highest BCUT2D eigenvalue weighted by molar-refractivity contribution is 7.89. The predicted molar refractivity (Wildman–Crippen MR) is 108 cm³/mol. The van der Waals surface area contributed by atoms with Gasteiger partial charge in [-0.3, -0.25) is 4.79 Å². The second-order valence-electron chi connectivity index (χ2n) is 6.37. The van der Waals surface area contributed by atoms with E-state index in [1.807, 2.05) is 0 Å². The fraction of sp³-hybridized carbons (Fsp3) is 0.333. The molecule has 1 aromatic heterocycles. The molecule has 0 bridgehead atoms. The highest BCUT2D eigenvalue weighted by Crippen LogP contribution is 2.23. The van der Waals surface area contributed by atoms with Gasteiger partial charge in [0.15, 0.2) is 0 Å². The second kappa shape index (κ2) is 8.69. The summed E-state index contributed by atoms with van der Waals surface area (Å²) in [7, 11) is -3.59. The number of aromatic nitrogens is 1. The number of piperidine rings is 1. The van der Waals surface area contributed by atoms with E-state index in [1.165, 1.54) is 16.6 Å². The molecule has 0 atom stereocenters. The number of carbonyl (C=O) groups excluding carboxylic acids is 1. The lowest BCUT2D eigenvalue weighted by Crippen LogP contribution is -2.35. The smallest absolute Gasteiger partial charge is 0.256 e. The topological polar surface area (TPSA) is 105 Å². The van der Waals surface area contributed by atoms with Crippen molar-refractivity contribution in [3.05, 3.63) is 47.7 Å². The predicted octanol–water partition coefficient (Wildman–Crippen LogP) is 2.82. The van der Waals surface area contributed by atoms with Crippen molar-refractivity contribution in [1.82, 2.24) is 9.29 Å². The summed E-state index contributed by atoms with van der Waals surface area (Å²) in [5, 5.41) is 2.72. The molecule has 0 unspecified atom stereocenters. The maximum atomic E-state index is 12.8. The van der Waals surface area contributed by atoms with Crippen molar-refractivity contribution >= 4 is 39.8 Å². The summed E-state index contributed by atoms with van der Waals surface area (Å²) >= 11 is 0. The minimum atomic E-state index is -3.59. The van der Waals surface area contributed by atoms with Gasteiger partial charge < -0.3 is 11.1 Å². The van der Waals surface area contributed by atoms with Crippen molar-refractivity contribution in [3.63, 3.8) is 0 Å². The summed E-state index contributed by atoms with van der Waals surface area (Å²) in [5.74, 6) is -0.0291. The number of aryl methyl sites for hydroxylation is 1. The largest absolute Gasteiger partial charge is 0.384 e. The minimum Gasteiger partial charge on any atom is -0.384 e. The number of nitrogens with two attached hydrogens (primary N) is 1. The quantitative estimate of drug-likeness (QED) is 0.806. The van der Waals surface area contributed by atoms with Crippen molar-refractivity contribution in [2.75, 3.05) is 24.1 Å². The molecule has 2 heterocycles. The van der Waals surface area contributed by atoms with Crippen molar-refractivity contribution in [2.45, 2.75) is 31.1 Å². The molecule has 27 heavy (non-hydrogen) atoms. The normalized spacial score (nSPS) is 15.0. The van der Waals surface area contributed by atoms with Crippen LogP contribution < -0.4 is 11.1 Å². The van der Waals surface area contributed by atoms with Crippen LogP contribution in [0.25, 0.3) is 0 Å². The number of amides is 1. The lowest BCUT2D eigenvalue weighted by atomic mass is 10.1. The van der Waals surface area contributed by atoms with E-state index in [1.54, 1.807) is 31.2 Å². The van der Waals surface area contributed by atoms with E-state index in [2.05, 4.69) is 10.3 Å². The number of carbonyl (C=O) groups is 1. The molecule has 3 rings (SSSR count). The van der Waals surface area contributed by atoms with E-state index in [9.17, 15) is 13.2 Å². The molecule has 0 aliphatic carbocycles. The zero-order chi connectivity index (χ0) is 18.7. The van der Waals surface area contributed by atoms with Crippen LogP contribution in [-0.4, -0.2) is 36.7 Å². The molecular formula is C18H23ClN4O3S. The zero-order valence-electron chi connectivity index (χ0n) is 15.0. The number of pyridine rings is 1. The lowest BCUT2D eigenvalue weighted by Gasteiger charge is -2.26. The molecule has 1 aliphatic heterocycles. The van der Waals surface area contributed by atoms with E-state index in [4.69, 9.17) is 5.73 Å². The van der Waals surface area contributed by atoms with Gasteiger partial charge >= 0.3 is 0 Å². The highest BCUT2D eigenvalue weighted by atomic mass is 35.5. The Kier molecular flexibility index (Phi) is 6.80. The van der Waals surface area contributed by atoms with Gasteiger partial charge in [-0.15, -0.1) is 12.4 Å². The van der Waals surface area contributed by atoms with Crippen LogP contribution in [0.5, 0.6) is 0 Å². The van der Waals surface area contributed by atoms with Crippen LogP contribution in [0.3, 0.4) is 0 Å². The second-order valence-corrected chi connectivity index (χ2v) is 8.31. The number of hydrogen-bond donors (Lipinski definition) is 2. The third-order valence-corrected chi connectivity index (χ3v) is 6.35. The van der Waals surface area contributed by atoms with Crippen molar-refractivity contribution in [3.8, 4) is 0 Å². The first-order valence-electron chi connectivity index (χ1n) is 8.51.